The van der Waals surface area contributed by atoms with Crippen molar-refractivity contribution in [3.8, 4) is 6.07 Å². The van der Waals surface area contributed by atoms with E-state index >= 15 is 0 Å². The number of nitrogens with zero attached hydrogens (tertiary/aromatic N) is 2. The molecule has 0 aromatic carbocycles. The third-order valence-electron chi connectivity index (χ3n) is 1.22. The highest BCUT2D eigenvalue weighted by molar-refractivity contribution is 7.13. The van der Waals surface area contributed by atoms with E-state index in [-0.39, 0.29) is 5.70 Å². The number of hydrogen-bond acceptors (Lipinski definition) is 4. The Labute approximate surface area is 72.5 Å². The molecule has 1 heterocycles. The first-order valence-corrected chi connectivity index (χ1v) is 3.80. The second kappa shape index (κ2) is 3.15. The molecule has 0 aliphatic carbocycles. The summed E-state index contributed by atoms with van der Waals surface area (Å²) in [6.07, 6.45) is 0. The Hall–Kier alpha value is -1.67. The molecule has 0 spiro atoms. The summed E-state index contributed by atoms with van der Waals surface area (Å²) >= 11 is 1.07. The Morgan fingerprint density at radius 3 is 2.83 bits per heavy atom. The van der Waals surface area contributed by atoms with Gasteiger partial charge in [-0.25, -0.2) is 0 Å². The maximum Gasteiger partial charge on any atom is 0.279 e. The van der Waals surface area contributed by atoms with Crippen LogP contribution < -0.4 is 0 Å². The first-order chi connectivity index (χ1) is 5.65. The van der Waals surface area contributed by atoms with Crippen LogP contribution in [0.3, 0.4) is 0 Å². The second-order valence-electron chi connectivity index (χ2n) is 1.98. The van der Waals surface area contributed by atoms with Crippen molar-refractivity contribution in [2.45, 2.75) is 0 Å². The van der Waals surface area contributed by atoms with Crippen LogP contribution >= 0.6 is 11.3 Å². The van der Waals surface area contributed by atoms with E-state index in [4.69, 9.17) is 5.26 Å². The lowest BCUT2D eigenvalue weighted by molar-refractivity contribution is -0.374. The van der Waals surface area contributed by atoms with Crippen molar-refractivity contribution in [1.29, 1.82) is 5.26 Å². The molecule has 5 heteroatoms. The van der Waals surface area contributed by atoms with Crippen molar-refractivity contribution in [3.63, 3.8) is 0 Å². The van der Waals surface area contributed by atoms with Crippen molar-refractivity contribution in [3.05, 3.63) is 38.6 Å². The average Bonchev–Trinajstić information content (AvgIpc) is 2.50. The zero-order valence-electron chi connectivity index (χ0n) is 5.98. The molecule has 0 radical (unpaired) electrons. The van der Waals surface area contributed by atoms with E-state index in [1.165, 1.54) is 12.1 Å². The van der Waals surface area contributed by atoms with Gasteiger partial charge >= 0.3 is 0 Å². The molecule has 12 heavy (non-hydrogen) atoms. The summed E-state index contributed by atoms with van der Waals surface area (Å²) in [4.78, 5) is 10.5. The third-order valence-corrected chi connectivity index (χ3v) is 2.26. The maximum atomic E-state index is 10.2. The smallest absolute Gasteiger partial charge is 0.258 e. The summed E-state index contributed by atoms with van der Waals surface area (Å²) in [7, 11) is 0. The van der Waals surface area contributed by atoms with E-state index in [2.05, 4.69) is 6.58 Å². The number of rotatable bonds is 2. The van der Waals surface area contributed by atoms with Crippen LogP contribution in [0.15, 0.2) is 18.7 Å². The van der Waals surface area contributed by atoms with Crippen LogP contribution in [0.4, 0.5) is 0 Å². The Morgan fingerprint density at radius 1 is 1.75 bits per heavy atom. The molecule has 0 saturated carbocycles. The lowest BCUT2D eigenvalue weighted by Crippen LogP contribution is -1.92. The molecule has 0 bridgehead atoms. The van der Waals surface area contributed by atoms with Gasteiger partial charge in [0.2, 0.25) is 0 Å². The predicted molar refractivity (Wildman–Crippen MR) is 45.1 cm³/mol. The second-order valence-corrected chi connectivity index (χ2v) is 3.06. The lowest BCUT2D eigenvalue weighted by atomic mass is 10.4. The zero-order chi connectivity index (χ0) is 9.14. The van der Waals surface area contributed by atoms with Gasteiger partial charge in [-0.05, 0) is 18.7 Å². The lowest BCUT2D eigenvalue weighted by Gasteiger charge is -1.88. The van der Waals surface area contributed by atoms with Crippen LogP contribution in [0.2, 0.25) is 0 Å². The molecule has 60 valence electrons. The summed E-state index contributed by atoms with van der Waals surface area (Å²) in [5, 5.41) is 18.7. The highest BCUT2D eigenvalue weighted by Gasteiger charge is 2.12. The molecule has 0 aliphatic rings. The van der Waals surface area contributed by atoms with Crippen molar-refractivity contribution in [2.24, 2.45) is 0 Å². The van der Waals surface area contributed by atoms with Gasteiger partial charge in [0, 0.05) is 0 Å². The van der Waals surface area contributed by atoms with E-state index in [1.807, 2.05) is 6.07 Å². The molecule has 0 atom stereocenters. The Bertz CT molecular complexity index is 375. The highest BCUT2D eigenvalue weighted by atomic mass is 32.1. The monoisotopic (exact) mass is 180 g/mol. The summed E-state index contributed by atoms with van der Waals surface area (Å²) in [5.41, 5.74) is -0.165. The van der Waals surface area contributed by atoms with Crippen LogP contribution in [0.5, 0.6) is 0 Å². The standard InChI is InChI=1S/C7H4N2O2S/c1-5(9(10)11)7-3-2-6(4-8)12-7/h2-3H,1H2. The molecular weight excluding hydrogens is 176 g/mol. The van der Waals surface area contributed by atoms with Gasteiger partial charge in [0.05, 0.1) is 4.92 Å². The van der Waals surface area contributed by atoms with Crippen molar-refractivity contribution in [2.75, 3.05) is 0 Å². The van der Waals surface area contributed by atoms with E-state index in [9.17, 15) is 10.1 Å². The normalized spacial score (nSPS) is 8.92. The van der Waals surface area contributed by atoms with Gasteiger partial charge in [0.25, 0.3) is 5.70 Å². The fourth-order valence-electron chi connectivity index (χ4n) is 0.643. The van der Waals surface area contributed by atoms with Gasteiger partial charge in [0.1, 0.15) is 15.8 Å². The molecule has 0 aliphatic heterocycles. The number of thiophene rings is 1. The molecule has 0 unspecified atom stereocenters. The first-order valence-electron chi connectivity index (χ1n) is 2.98. The number of nitriles is 1. The van der Waals surface area contributed by atoms with Crippen molar-refractivity contribution < 1.29 is 4.92 Å². The topological polar surface area (TPSA) is 66.9 Å². The minimum Gasteiger partial charge on any atom is -0.258 e. The van der Waals surface area contributed by atoms with E-state index < -0.39 is 4.92 Å². The van der Waals surface area contributed by atoms with Crippen LogP contribution in [0.25, 0.3) is 5.70 Å². The predicted octanol–water partition coefficient (Wildman–Crippen LogP) is 1.87. The van der Waals surface area contributed by atoms with Gasteiger partial charge < -0.3 is 0 Å². The van der Waals surface area contributed by atoms with Gasteiger partial charge in [0.15, 0.2) is 0 Å². The molecule has 1 aromatic heterocycles. The molecule has 1 rings (SSSR count). The summed E-state index contributed by atoms with van der Waals surface area (Å²) in [5.74, 6) is 0. The number of hydrogen-bond donors (Lipinski definition) is 0. The summed E-state index contributed by atoms with van der Waals surface area (Å²) in [6, 6.07) is 4.95. The van der Waals surface area contributed by atoms with Gasteiger partial charge in [-0.1, -0.05) is 0 Å². The Balaban J connectivity index is 2.99. The Kier molecular flexibility index (Phi) is 2.21. The maximum absolute atomic E-state index is 10.2. The van der Waals surface area contributed by atoms with Crippen LogP contribution in [0.1, 0.15) is 9.75 Å². The SMILES string of the molecule is C=C(c1ccc(C#N)s1)[N+](=O)[O-]. The van der Waals surface area contributed by atoms with Gasteiger partial charge in [-0.2, -0.15) is 5.26 Å². The molecule has 4 nitrogen and oxygen atoms in total. The molecule has 0 saturated heterocycles. The van der Waals surface area contributed by atoms with Gasteiger partial charge in [-0.3, -0.25) is 10.1 Å². The minimum atomic E-state index is -0.563. The molecule has 0 amide bonds. The summed E-state index contributed by atoms with van der Waals surface area (Å²) in [6.45, 7) is 3.27. The number of nitro groups is 1. The van der Waals surface area contributed by atoms with Crippen molar-refractivity contribution >= 4 is 17.0 Å². The average molecular weight is 180 g/mol. The van der Waals surface area contributed by atoms with Crippen LogP contribution in [0, 0.1) is 21.4 Å². The summed E-state index contributed by atoms with van der Waals surface area (Å²) < 4.78 is 0. The first kappa shape index (κ1) is 8.43. The van der Waals surface area contributed by atoms with Gasteiger partial charge in [-0.15, -0.1) is 11.3 Å². The Morgan fingerprint density at radius 2 is 2.42 bits per heavy atom. The third kappa shape index (κ3) is 1.49. The molecular formula is C7H4N2O2S. The van der Waals surface area contributed by atoms with Crippen LogP contribution in [-0.4, -0.2) is 4.92 Å². The largest absolute Gasteiger partial charge is 0.279 e. The molecule has 1 aromatic rings. The quantitative estimate of drug-likeness (QED) is 0.515. The fourth-order valence-corrected chi connectivity index (χ4v) is 1.39. The van der Waals surface area contributed by atoms with Crippen LogP contribution in [-0.2, 0) is 0 Å². The fraction of sp³-hybridized carbons (Fsp3) is 0. The molecule has 0 N–H and O–H groups in total. The highest BCUT2D eigenvalue weighted by Crippen LogP contribution is 2.22. The van der Waals surface area contributed by atoms with E-state index in [1.54, 1.807) is 0 Å². The minimum absolute atomic E-state index is 0.165. The van der Waals surface area contributed by atoms with E-state index in [0.29, 0.717) is 9.75 Å². The van der Waals surface area contributed by atoms with E-state index in [0.717, 1.165) is 11.3 Å². The van der Waals surface area contributed by atoms with Crippen molar-refractivity contribution in [1.82, 2.24) is 0 Å². The molecule has 0 fully saturated rings. The zero-order valence-corrected chi connectivity index (χ0v) is 6.80.